The molecule has 2 aliphatic carbocycles. The zero-order valence-electron chi connectivity index (χ0n) is 13.8. The van der Waals surface area contributed by atoms with Crippen molar-refractivity contribution in [2.24, 2.45) is 16.3 Å². The van der Waals surface area contributed by atoms with Crippen LogP contribution in [0.25, 0.3) is 0 Å². The van der Waals surface area contributed by atoms with E-state index in [9.17, 15) is 8.78 Å². The summed E-state index contributed by atoms with van der Waals surface area (Å²) < 4.78 is 32.2. The van der Waals surface area contributed by atoms with Crippen molar-refractivity contribution in [1.82, 2.24) is 10.6 Å². The van der Waals surface area contributed by atoms with Crippen LogP contribution in [0.15, 0.2) is 23.2 Å². The van der Waals surface area contributed by atoms with Crippen molar-refractivity contribution in [3.8, 4) is 0 Å². The molecule has 0 radical (unpaired) electrons. The molecule has 1 saturated heterocycles. The summed E-state index contributed by atoms with van der Waals surface area (Å²) >= 11 is 0. The third-order valence-electron chi connectivity index (χ3n) is 6.00. The Morgan fingerprint density at radius 1 is 1.33 bits per heavy atom. The molecule has 1 aliphatic heterocycles. The number of rotatable bonds is 3. The average molecular weight is 335 g/mol. The molecule has 1 aromatic rings. The lowest BCUT2D eigenvalue weighted by atomic mass is 9.46. The van der Waals surface area contributed by atoms with Crippen molar-refractivity contribution < 1.29 is 13.5 Å². The lowest BCUT2D eigenvalue weighted by Crippen LogP contribution is -2.72. The first-order valence-electron chi connectivity index (χ1n) is 8.67. The van der Waals surface area contributed by atoms with Gasteiger partial charge in [0.05, 0.1) is 6.10 Å². The van der Waals surface area contributed by atoms with Crippen LogP contribution in [0.1, 0.15) is 31.2 Å². The number of hydrogen-bond acceptors (Lipinski definition) is 2. The lowest BCUT2D eigenvalue weighted by molar-refractivity contribution is -0.171. The molecule has 3 unspecified atom stereocenters. The van der Waals surface area contributed by atoms with Crippen LogP contribution < -0.4 is 10.6 Å². The highest BCUT2D eigenvalue weighted by molar-refractivity contribution is 5.80. The first-order chi connectivity index (χ1) is 11.6. The van der Waals surface area contributed by atoms with E-state index in [1.165, 1.54) is 25.3 Å². The standard InChI is InChI=1S/C18H23F2N3O/c1-21-17(22-10-11-3-4-13(19)14(20)9-11)23-15-12-5-8-24-16(12)18(15)6-2-7-18/h3-4,9,12,15-16H,2,5-8,10H2,1H3,(H2,21,22,23). The van der Waals surface area contributed by atoms with Crippen LogP contribution in [0.4, 0.5) is 8.78 Å². The number of fused-ring (bicyclic) bond motifs is 2. The minimum absolute atomic E-state index is 0.279. The van der Waals surface area contributed by atoms with E-state index in [1.807, 2.05) is 0 Å². The fourth-order valence-corrected chi connectivity index (χ4v) is 4.63. The van der Waals surface area contributed by atoms with Gasteiger partial charge in [0.25, 0.3) is 0 Å². The summed E-state index contributed by atoms with van der Waals surface area (Å²) in [6.45, 7) is 1.26. The van der Waals surface area contributed by atoms with Crippen molar-refractivity contribution in [1.29, 1.82) is 0 Å². The Bertz CT molecular complexity index is 660. The second kappa shape index (κ2) is 5.99. The molecule has 3 atom stereocenters. The van der Waals surface area contributed by atoms with Gasteiger partial charge in [0.2, 0.25) is 0 Å². The molecule has 24 heavy (non-hydrogen) atoms. The number of hydrogen-bond donors (Lipinski definition) is 2. The molecule has 4 rings (SSSR count). The molecule has 0 aromatic heterocycles. The van der Waals surface area contributed by atoms with Crippen molar-refractivity contribution >= 4 is 5.96 Å². The average Bonchev–Trinajstić information content (AvgIpc) is 2.94. The van der Waals surface area contributed by atoms with E-state index in [-0.39, 0.29) is 5.41 Å². The van der Waals surface area contributed by atoms with Crippen LogP contribution in [0.2, 0.25) is 0 Å². The molecule has 2 N–H and O–H groups in total. The van der Waals surface area contributed by atoms with Crippen LogP contribution in [0.5, 0.6) is 0 Å². The fourth-order valence-electron chi connectivity index (χ4n) is 4.63. The summed E-state index contributed by atoms with van der Waals surface area (Å²) in [7, 11) is 1.73. The number of nitrogens with one attached hydrogen (secondary N) is 2. The molecule has 1 spiro atoms. The van der Waals surface area contributed by atoms with Gasteiger partial charge in [0, 0.05) is 37.6 Å². The van der Waals surface area contributed by atoms with Crippen LogP contribution in [-0.2, 0) is 11.3 Å². The number of aliphatic imine (C=N–C) groups is 1. The summed E-state index contributed by atoms with van der Waals surface area (Å²) in [5.74, 6) is -0.376. The number of nitrogens with zero attached hydrogens (tertiary/aromatic N) is 1. The van der Waals surface area contributed by atoms with Crippen LogP contribution in [-0.4, -0.2) is 31.8 Å². The second-order valence-corrected chi connectivity index (χ2v) is 7.13. The fraction of sp³-hybridized carbons (Fsp3) is 0.611. The zero-order chi connectivity index (χ0) is 16.7. The molecule has 4 nitrogen and oxygen atoms in total. The van der Waals surface area contributed by atoms with Gasteiger partial charge in [0.1, 0.15) is 0 Å². The molecular formula is C18H23F2N3O. The smallest absolute Gasteiger partial charge is 0.191 e. The molecule has 3 aliphatic rings. The first-order valence-corrected chi connectivity index (χ1v) is 8.67. The predicted molar refractivity (Wildman–Crippen MR) is 87.6 cm³/mol. The number of benzene rings is 1. The van der Waals surface area contributed by atoms with Gasteiger partial charge in [-0.15, -0.1) is 0 Å². The van der Waals surface area contributed by atoms with E-state index in [2.05, 4.69) is 15.6 Å². The summed E-state index contributed by atoms with van der Waals surface area (Å²) in [4.78, 5) is 4.29. The number of guanidine groups is 1. The zero-order valence-corrected chi connectivity index (χ0v) is 13.8. The molecule has 0 bridgehead atoms. The van der Waals surface area contributed by atoms with Crippen LogP contribution in [0, 0.1) is 23.0 Å². The maximum Gasteiger partial charge on any atom is 0.191 e. The molecule has 1 aromatic carbocycles. The van der Waals surface area contributed by atoms with E-state index >= 15 is 0 Å². The molecule has 3 fully saturated rings. The Kier molecular flexibility index (Phi) is 3.95. The maximum atomic E-state index is 13.3. The SMILES string of the molecule is CN=C(NCc1ccc(F)c(F)c1)NC1C2CCOC2C12CCC2. The Hall–Kier alpha value is -1.69. The lowest BCUT2D eigenvalue weighted by Gasteiger charge is -2.63. The van der Waals surface area contributed by atoms with Gasteiger partial charge in [-0.05, 0) is 37.0 Å². The van der Waals surface area contributed by atoms with Crippen LogP contribution in [0.3, 0.4) is 0 Å². The minimum atomic E-state index is -0.824. The minimum Gasteiger partial charge on any atom is -0.377 e. The highest BCUT2D eigenvalue weighted by Crippen LogP contribution is 2.62. The van der Waals surface area contributed by atoms with Crippen LogP contribution >= 0.6 is 0 Å². The van der Waals surface area contributed by atoms with Crippen molar-refractivity contribution in [3.63, 3.8) is 0 Å². The molecule has 1 heterocycles. The van der Waals surface area contributed by atoms with E-state index in [4.69, 9.17) is 4.74 Å². The molecule has 6 heteroatoms. The summed E-state index contributed by atoms with van der Waals surface area (Å²) in [6.07, 6.45) is 5.21. The summed E-state index contributed by atoms with van der Waals surface area (Å²) in [6, 6.07) is 4.34. The Morgan fingerprint density at radius 3 is 2.83 bits per heavy atom. The quantitative estimate of drug-likeness (QED) is 0.659. The summed E-state index contributed by atoms with van der Waals surface area (Å²) in [5, 5.41) is 6.76. The summed E-state index contributed by atoms with van der Waals surface area (Å²) in [5.41, 5.74) is 0.965. The van der Waals surface area contributed by atoms with E-state index in [1.54, 1.807) is 13.1 Å². The van der Waals surface area contributed by atoms with Crippen molar-refractivity contribution in [2.45, 2.75) is 44.4 Å². The Balaban J connectivity index is 1.39. The van der Waals surface area contributed by atoms with Gasteiger partial charge >= 0.3 is 0 Å². The molecule has 130 valence electrons. The highest BCUT2D eigenvalue weighted by Gasteiger charge is 2.66. The van der Waals surface area contributed by atoms with Gasteiger partial charge in [-0.25, -0.2) is 8.78 Å². The van der Waals surface area contributed by atoms with Gasteiger partial charge in [-0.2, -0.15) is 0 Å². The predicted octanol–water partition coefficient (Wildman–Crippen LogP) is 2.59. The van der Waals surface area contributed by atoms with Gasteiger partial charge in [-0.1, -0.05) is 12.5 Å². The topological polar surface area (TPSA) is 45.7 Å². The van der Waals surface area contributed by atoms with E-state index in [0.29, 0.717) is 36.1 Å². The van der Waals surface area contributed by atoms with E-state index in [0.717, 1.165) is 19.1 Å². The third-order valence-corrected chi connectivity index (χ3v) is 6.00. The Labute approximate surface area is 140 Å². The largest absolute Gasteiger partial charge is 0.377 e. The number of halogens is 2. The normalized spacial score (nSPS) is 30.5. The first kappa shape index (κ1) is 15.8. The van der Waals surface area contributed by atoms with Crippen molar-refractivity contribution in [2.75, 3.05) is 13.7 Å². The van der Waals surface area contributed by atoms with Crippen molar-refractivity contribution in [3.05, 3.63) is 35.4 Å². The van der Waals surface area contributed by atoms with Gasteiger partial charge < -0.3 is 15.4 Å². The monoisotopic (exact) mass is 335 g/mol. The molecule has 2 saturated carbocycles. The maximum absolute atomic E-state index is 13.3. The van der Waals surface area contributed by atoms with E-state index < -0.39 is 11.6 Å². The molecule has 0 amide bonds. The van der Waals surface area contributed by atoms with Gasteiger partial charge in [-0.3, -0.25) is 4.99 Å². The third kappa shape index (κ3) is 2.39. The number of ether oxygens (including phenoxy) is 1. The second-order valence-electron chi connectivity index (χ2n) is 7.13. The highest BCUT2D eigenvalue weighted by atomic mass is 19.2. The Morgan fingerprint density at radius 2 is 2.17 bits per heavy atom. The molecular weight excluding hydrogens is 312 g/mol. The van der Waals surface area contributed by atoms with Gasteiger partial charge in [0.15, 0.2) is 17.6 Å².